The molecule has 0 radical (unpaired) electrons. The van der Waals surface area contributed by atoms with E-state index in [9.17, 15) is 13.6 Å². The van der Waals surface area contributed by atoms with Gasteiger partial charge in [-0.1, -0.05) is 6.07 Å². The summed E-state index contributed by atoms with van der Waals surface area (Å²) in [5, 5.41) is 3.20. The lowest BCUT2D eigenvalue weighted by Gasteiger charge is -2.13. The zero-order chi connectivity index (χ0) is 15.4. The van der Waals surface area contributed by atoms with E-state index < -0.39 is 11.9 Å². The van der Waals surface area contributed by atoms with Crippen LogP contribution in [0.15, 0.2) is 30.5 Å². The first kappa shape index (κ1) is 15.2. The number of halogens is 3. The second-order valence-corrected chi connectivity index (χ2v) is 4.39. The number of rotatable bonds is 6. The van der Waals surface area contributed by atoms with Gasteiger partial charge in [0.1, 0.15) is 12.4 Å². The predicted octanol–water partition coefficient (Wildman–Crippen LogP) is 2.98. The van der Waals surface area contributed by atoms with Crippen molar-refractivity contribution in [1.82, 2.24) is 9.78 Å². The summed E-state index contributed by atoms with van der Waals surface area (Å²) in [4.78, 5) is 11.4. The molecule has 2 rings (SSSR count). The summed E-state index contributed by atoms with van der Waals surface area (Å²) in [5.74, 6) is 0.129. The number of carbonyl (C=O) groups excluding carboxylic acids is 1. The third kappa shape index (κ3) is 3.91. The molecule has 0 fully saturated rings. The van der Waals surface area contributed by atoms with Gasteiger partial charge in [-0.15, -0.1) is 5.10 Å². The average molecular weight is 317 g/mol. The highest BCUT2D eigenvalue weighted by atomic mass is 35.5. The molecule has 0 unspecified atom stereocenters. The Balaban J connectivity index is 2.27. The third-order valence-electron chi connectivity index (χ3n) is 2.61. The molecule has 1 aromatic heterocycles. The average Bonchev–Trinajstić information content (AvgIpc) is 2.82. The standard InChI is InChI=1S/C13H11ClF2N2O3/c1-18-6-5-11(17-18)20-7-9-8(12(14)19)3-2-4-10(9)21-13(15)16/h2-6,13H,7H2,1H3. The zero-order valence-electron chi connectivity index (χ0n) is 10.9. The van der Waals surface area contributed by atoms with Crippen molar-refractivity contribution in [1.29, 1.82) is 0 Å². The number of ether oxygens (including phenoxy) is 2. The molecule has 21 heavy (non-hydrogen) atoms. The van der Waals surface area contributed by atoms with Crippen LogP contribution in [-0.2, 0) is 13.7 Å². The third-order valence-corrected chi connectivity index (χ3v) is 2.82. The van der Waals surface area contributed by atoms with E-state index in [0.717, 1.165) is 0 Å². The van der Waals surface area contributed by atoms with E-state index in [1.54, 1.807) is 19.3 Å². The lowest BCUT2D eigenvalue weighted by molar-refractivity contribution is -0.0509. The first-order chi connectivity index (χ1) is 9.97. The first-order valence-electron chi connectivity index (χ1n) is 5.86. The van der Waals surface area contributed by atoms with Crippen molar-refractivity contribution in [2.45, 2.75) is 13.2 Å². The summed E-state index contributed by atoms with van der Waals surface area (Å²) in [6, 6.07) is 5.72. The van der Waals surface area contributed by atoms with Crippen molar-refractivity contribution in [3.8, 4) is 11.6 Å². The maximum Gasteiger partial charge on any atom is 0.387 e. The molecule has 0 aliphatic heterocycles. The quantitative estimate of drug-likeness (QED) is 0.769. The molecule has 112 valence electrons. The summed E-state index contributed by atoms with van der Waals surface area (Å²) in [6.07, 6.45) is 1.66. The zero-order valence-corrected chi connectivity index (χ0v) is 11.7. The SMILES string of the molecule is Cn1ccc(OCc2c(OC(F)F)cccc2C(=O)Cl)n1. The normalized spacial score (nSPS) is 10.7. The van der Waals surface area contributed by atoms with Crippen LogP contribution >= 0.6 is 11.6 Å². The molecule has 0 amide bonds. The Bertz CT molecular complexity index is 646. The Kier molecular flexibility index (Phi) is 4.74. The highest BCUT2D eigenvalue weighted by Crippen LogP contribution is 2.26. The summed E-state index contributed by atoms with van der Waals surface area (Å²) >= 11 is 5.45. The first-order valence-corrected chi connectivity index (χ1v) is 6.24. The minimum atomic E-state index is -3.01. The molecule has 0 bridgehead atoms. The summed E-state index contributed by atoms with van der Waals surface area (Å²) < 4.78 is 36.1. The summed E-state index contributed by atoms with van der Waals surface area (Å²) in [5.41, 5.74) is 0.189. The number of aryl methyl sites for hydroxylation is 1. The van der Waals surface area contributed by atoms with Crippen LogP contribution in [0.5, 0.6) is 11.6 Å². The van der Waals surface area contributed by atoms with Gasteiger partial charge in [-0.3, -0.25) is 9.48 Å². The van der Waals surface area contributed by atoms with Crippen molar-refractivity contribution in [2.75, 3.05) is 0 Å². The Hall–Kier alpha value is -2.15. The molecule has 0 saturated carbocycles. The molecule has 0 atom stereocenters. The topological polar surface area (TPSA) is 53.4 Å². The fourth-order valence-electron chi connectivity index (χ4n) is 1.72. The van der Waals surface area contributed by atoms with E-state index >= 15 is 0 Å². The Morgan fingerprint density at radius 3 is 2.76 bits per heavy atom. The van der Waals surface area contributed by atoms with Crippen molar-refractivity contribution in [3.05, 3.63) is 41.6 Å². The van der Waals surface area contributed by atoms with Crippen LogP contribution in [0.25, 0.3) is 0 Å². The minimum absolute atomic E-state index is 0.0470. The number of hydrogen-bond acceptors (Lipinski definition) is 4. The lowest BCUT2D eigenvalue weighted by Crippen LogP contribution is -2.10. The van der Waals surface area contributed by atoms with E-state index in [4.69, 9.17) is 16.3 Å². The molecule has 0 N–H and O–H groups in total. The van der Waals surface area contributed by atoms with Crippen LogP contribution in [-0.4, -0.2) is 21.6 Å². The number of hydrogen-bond donors (Lipinski definition) is 0. The van der Waals surface area contributed by atoms with Gasteiger partial charge in [-0.25, -0.2) is 0 Å². The summed E-state index contributed by atoms with van der Waals surface area (Å²) in [7, 11) is 1.70. The van der Waals surface area contributed by atoms with Gasteiger partial charge >= 0.3 is 6.61 Å². The van der Waals surface area contributed by atoms with Gasteiger partial charge in [0.25, 0.3) is 5.24 Å². The molecular weight excluding hydrogens is 306 g/mol. The van der Waals surface area contributed by atoms with Crippen molar-refractivity contribution in [3.63, 3.8) is 0 Å². The van der Waals surface area contributed by atoms with Crippen LogP contribution in [0.4, 0.5) is 8.78 Å². The second-order valence-electron chi connectivity index (χ2n) is 4.05. The Labute approximate surface area is 124 Å². The monoisotopic (exact) mass is 316 g/mol. The van der Waals surface area contributed by atoms with Crippen molar-refractivity contribution < 1.29 is 23.0 Å². The van der Waals surface area contributed by atoms with Crippen LogP contribution in [0.1, 0.15) is 15.9 Å². The van der Waals surface area contributed by atoms with Gasteiger partial charge in [0, 0.05) is 30.4 Å². The van der Waals surface area contributed by atoms with Crippen molar-refractivity contribution in [2.24, 2.45) is 7.05 Å². The molecule has 8 heteroatoms. The van der Waals surface area contributed by atoms with Gasteiger partial charge in [0.2, 0.25) is 5.88 Å². The molecule has 0 saturated heterocycles. The minimum Gasteiger partial charge on any atom is -0.472 e. The van der Waals surface area contributed by atoms with Gasteiger partial charge < -0.3 is 9.47 Å². The molecule has 2 aromatic rings. The number of alkyl halides is 2. The van der Waals surface area contributed by atoms with E-state index in [-0.39, 0.29) is 29.4 Å². The lowest BCUT2D eigenvalue weighted by atomic mass is 10.1. The van der Waals surface area contributed by atoms with E-state index in [1.165, 1.54) is 22.9 Å². The van der Waals surface area contributed by atoms with E-state index in [1.807, 2.05) is 0 Å². The van der Waals surface area contributed by atoms with Crippen LogP contribution < -0.4 is 9.47 Å². The maximum atomic E-state index is 12.4. The number of carbonyl (C=O) groups is 1. The second kappa shape index (κ2) is 6.53. The smallest absolute Gasteiger partial charge is 0.387 e. The van der Waals surface area contributed by atoms with E-state index in [2.05, 4.69) is 9.84 Å². The predicted molar refractivity (Wildman–Crippen MR) is 70.8 cm³/mol. The maximum absolute atomic E-state index is 12.4. The molecule has 1 heterocycles. The fraction of sp³-hybridized carbons (Fsp3) is 0.231. The van der Waals surface area contributed by atoms with Gasteiger partial charge in [-0.05, 0) is 23.7 Å². The fourth-order valence-corrected chi connectivity index (χ4v) is 1.90. The summed E-state index contributed by atoms with van der Waals surface area (Å²) in [6.45, 7) is -3.19. The number of benzene rings is 1. The molecule has 0 aliphatic carbocycles. The Morgan fingerprint density at radius 1 is 1.43 bits per heavy atom. The van der Waals surface area contributed by atoms with Crippen LogP contribution in [0.3, 0.4) is 0 Å². The van der Waals surface area contributed by atoms with Crippen molar-refractivity contribution >= 4 is 16.8 Å². The molecular formula is C13H11ClF2N2O3. The van der Waals surface area contributed by atoms with E-state index in [0.29, 0.717) is 0 Å². The Morgan fingerprint density at radius 2 is 2.19 bits per heavy atom. The van der Waals surface area contributed by atoms with Crippen LogP contribution in [0, 0.1) is 0 Å². The van der Waals surface area contributed by atoms with Crippen LogP contribution in [0.2, 0.25) is 0 Å². The molecule has 5 nitrogen and oxygen atoms in total. The highest BCUT2D eigenvalue weighted by molar-refractivity contribution is 6.68. The molecule has 1 aromatic carbocycles. The number of aromatic nitrogens is 2. The molecule has 0 aliphatic rings. The van der Waals surface area contributed by atoms with Gasteiger partial charge in [0.15, 0.2) is 0 Å². The van der Waals surface area contributed by atoms with Gasteiger partial charge in [-0.2, -0.15) is 8.78 Å². The largest absolute Gasteiger partial charge is 0.472 e. The number of nitrogens with zero attached hydrogens (tertiary/aromatic N) is 2. The highest BCUT2D eigenvalue weighted by Gasteiger charge is 2.17. The molecule has 0 spiro atoms. The van der Waals surface area contributed by atoms with Gasteiger partial charge in [0.05, 0.1) is 0 Å².